The van der Waals surface area contributed by atoms with Gasteiger partial charge in [-0.15, -0.1) is 0 Å². The van der Waals surface area contributed by atoms with Gasteiger partial charge in [0.15, 0.2) is 0 Å². The molecule has 1 aromatic carbocycles. The minimum Gasteiger partial charge on any atom is -0.355 e. The molecule has 2 rings (SSSR count). The zero-order valence-corrected chi connectivity index (χ0v) is 17.4. The number of halogens is 2. The molecule has 0 aliphatic carbocycles. The van der Waals surface area contributed by atoms with E-state index >= 15 is 0 Å². The molecule has 0 bridgehead atoms. The topological polar surface area (TPSA) is 69.7 Å². The fourth-order valence-electron chi connectivity index (χ4n) is 3.01. The second kappa shape index (κ2) is 9.26. The first-order valence-corrected chi connectivity index (χ1v) is 11.1. The van der Waals surface area contributed by atoms with Crippen molar-refractivity contribution in [2.75, 3.05) is 43.8 Å². The number of nitrogens with one attached hydrogen (secondary N) is 1. The van der Waals surface area contributed by atoms with Crippen molar-refractivity contribution >= 4 is 44.8 Å². The second-order valence-electron chi connectivity index (χ2n) is 6.75. The highest BCUT2D eigenvalue weighted by molar-refractivity contribution is 7.92. The van der Waals surface area contributed by atoms with E-state index in [4.69, 9.17) is 23.2 Å². The first-order chi connectivity index (χ1) is 12.2. The molecule has 0 spiro atoms. The molecule has 1 saturated heterocycles. The maximum Gasteiger partial charge on any atom is 0.240 e. The predicted molar refractivity (Wildman–Crippen MR) is 106 cm³/mol. The molecule has 0 radical (unpaired) electrons. The Morgan fingerprint density at radius 1 is 1.31 bits per heavy atom. The van der Waals surface area contributed by atoms with Crippen LogP contribution in [0.4, 0.5) is 5.69 Å². The van der Waals surface area contributed by atoms with Gasteiger partial charge < -0.3 is 10.2 Å². The maximum atomic E-state index is 12.3. The molecule has 0 atom stereocenters. The summed E-state index contributed by atoms with van der Waals surface area (Å²) >= 11 is 12.0. The van der Waals surface area contributed by atoms with Crippen molar-refractivity contribution in [3.05, 3.63) is 28.2 Å². The Hall–Kier alpha value is -1.02. The zero-order valence-electron chi connectivity index (χ0n) is 15.0. The fourth-order valence-corrected chi connectivity index (χ4v) is 4.31. The van der Waals surface area contributed by atoms with Gasteiger partial charge in [-0.3, -0.25) is 9.10 Å². The molecule has 1 amide bonds. The minimum absolute atomic E-state index is 0.201. The van der Waals surface area contributed by atoms with E-state index in [1.54, 1.807) is 6.07 Å². The van der Waals surface area contributed by atoms with E-state index in [1.807, 2.05) is 0 Å². The van der Waals surface area contributed by atoms with Gasteiger partial charge in [-0.25, -0.2) is 8.42 Å². The van der Waals surface area contributed by atoms with E-state index in [9.17, 15) is 13.2 Å². The molecule has 1 aliphatic rings. The monoisotopic (exact) mass is 421 g/mol. The van der Waals surface area contributed by atoms with Crippen LogP contribution in [0.25, 0.3) is 0 Å². The molecule has 0 aromatic heterocycles. The number of benzene rings is 1. The Balaban J connectivity index is 1.94. The Kier molecular flexibility index (Phi) is 7.58. The molecule has 1 aliphatic heterocycles. The average Bonchev–Trinajstić information content (AvgIpc) is 2.56. The van der Waals surface area contributed by atoms with Crippen LogP contribution in [0.15, 0.2) is 18.2 Å². The summed E-state index contributed by atoms with van der Waals surface area (Å²) in [5.74, 6) is 0.235. The van der Waals surface area contributed by atoms with E-state index < -0.39 is 10.0 Å². The molecule has 146 valence electrons. The number of hydrogen-bond acceptors (Lipinski definition) is 4. The average molecular weight is 422 g/mol. The van der Waals surface area contributed by atoms with Crippen molar-refractivity contribution < 1.29 is 13.2 Å². The third-order valence-corrected chi connectivity index (χ3v) is 6.26. The SMILES string of the molecule is CN1CCC(CCNC(=O)CN(c2cc(Cl)ccc2Cl)S(C)(=O)=O)CC1. The smallest absolute Gasteiger partial charge is 0.240 e. The van der Waals surface area contributed by atoms with Crippen LogP contribution in [0.2, 0.25) is 10.0 Å². The number of likely N-dealkylation sites (tertiary alicyclic amines) is 1. The molecule has 9 heteroatoms. The van der Waals surface area contributed by atoms with Gasteiger partial charge in [0.25, 0.3) is 0 Å². The van der Waals surface area contributed by atoms with Gasteiger partial charge >= 0.3 is 0 Å². The number of hydrogen-bond donors (Lipinski definition) is 1. The molecular weight excluding hydrogens is 397 g/mol. The summed E-state index contributed by atoms with van der Waals surface area (Å²) < 4.78 is 25.2. The van der Waals surface area contributed by atoms with Gasteiger partial charge in [-0.1, -0.05) is 23.2 Å². The van der Waals surface area contributed by atoms with Crippen molar-refractivity contribution in [3.63, 3.8) is 0 Å². The molecule has 1 fully saturated rings. The summed E-state index contributed by atoms with van der Waals surface area (Å²) in [6.07, 6.45) is 4.19. The highest BCUT2D eigenvalue weighted by atomic mass is 35.5. The van der Waals surface area contributed by atoms with Gasteiger partial charge in [0, 0.05) is 11.6 Å². The first-order valence-electron chi connectivity index (χ1n) is 8.55. The minimum atomic E-state index is -3.68. The lowest BCUT2D eigenvalue weighted by atomic mass is 9.94. The van der Waals surface area contributed by atoms with Crippen LogP contribution in [0, 0.1) is 5.92 Å². The van der Waals surface area contributed by atoms with Gasteiger partial charge in [0.1, 0.15) is 6.54 Å². The Labute approximate surface area is 165 Å². The highest BCUT2D eigenvalue weighted by Crippen LogP contribution is 2.30. The lowest BCUT2D eigenvalue weighted by Crippen LogP contribution is -2.41. The maximum absolute atomic E-state index is 12.3. The van der Waals surface area contributed by atoms with Crippen LogP contribution in [0.5, 0.6) is 0 Å². The summed E-state index contributed by atoms with van der Waals surface area (Å²) in [5, 5.41) is 3.38. The number of amides is 1. The van der Waals surface area contributed by atoms with Crippen molar-refractivity contribution in [2.45, 2.75) is 19.3 Å². The summed E-state index contributed by atoms with van der Waals surface area (Å²) in [5.41, 5.74) is 0.201. The molecule has 6 nitrogen and oxygen atoms in total. The van der Waals surface area contributed by atoms with Crippen LogP contribution in [-0.4, -0.2) is 58.7 Å². The summed E-state index contributed by atoms with van der Waals surface area (Å²) in [7, 11) is -1.57. The highest BCUT2D eigenvalue weighted by Gasteiger charge is 2.23. The van der Waals surface area contributed by atoms with Crippen molar-refractivity contribution in [1.82, 2.24) is 10.2 Å². The molecule has 1 heterocycles. The third-order valence-electron chi connectivity index (χ3n) is 4.58. The largest absolute Gasteiger partial charge is 0.355 e. The van der Waals surface area contributed by atoms with Crippen LogP contribution < -0.4 is 9.62 Å². The van der Waals surface area contributed by atoms with E-state index in [-0.39, 0.29) is 23.2 Å². The number of anilines is 1. The van der Waals surface area contributed by atoms with Crippen molar-refractivity contribution in [2.24, 2.45) is 5.92 Å². The molecular formula is C17H25Cl2N3O3S. The van der Waals surface area contributed by atoms with Crippen LogP contribution in [0.1, 0.15) is 19.3 Å². The van der Waals surface area contributed by atoms with Crippen LogP contribution in [0.3, 0.4) is 0 Å². The Bertz CT molecular complexity index is 735. The van der Waals surface area contributed by atoms with Crippen LogP contribution >= 0.6 is 23.2 Å². The molecule has 1 N–H and O–H groups in total. The molecule has 1 aromatic rings. The standard InChI is InChI=1S/C17H25Cl2N3O3S/c1-21-9-6-13(7-10-21)5-8-20-17(23)12-22(26(2,24)25)16-11-14(18)3-4-15(16)19/h3-4,11,13H,5-10,12H2,1-2H3,(H,20,23). The van der Waals surface area contributed by atoms with E-state index in [2.05, 4.69) is 17.3 Å². The van der Waals surface area contributed by atoms with E-state index in [0.717, 1.165) is 42.9 Å². The van der Waals surface area contributed by atoms with E-state index in [0.29, 0.717) is 17.5 Å². The van der Waals surface area contributed by atoms with Gasteiger partial charge in [0.2, 0.25) is 15.9 Å². The zero-order chi connectivity index (χ0) is 19.3. The van der Waals surface area contributed by atoms with Gasteiger partial charge in [0.05, 0.1) is 17.0 Å². The number of piperidine rings is 1. The van der Waals surface area contributed by atoms with E-state index in [1.165, 1.54) is 12.1 Å². The molecule has 0 saturated carbocycles. The number of rotatable bonds is 7. The first kappa shape index (κ1) is 21.3. The Morgan fingerprint density at radius 2 is 1.96 bits per heavy atom. The van der Waals surface area contributed by atoms with Crippen molar-refractivity contribution in [3.8, 4) is 0 Å². The summed E-state index contributed by atoms with van der Waals surface area (Å²) in [4.78, 5) is 14.6. The summed E-state index contributed by atoms with van der Waals surface area (Å²) in [6.45, 7) is 2.36. The van der Waals surface area contributed by atoms with Crippen LogP contribution in [-0.2, 0) is 14.8 Å². The second-order valence-corrected chi connectivity index (χ2v) is 9.50. The quantitative estimate of drug-likeness (QED) is 0.734. The number of carbonyl (C=O) groups excluding carboxylic acids is 1. The summed E-state index contributed by atoms with van der Waals surface area (Å²) in [6, 6.07) is 4.52. The fraction of sp³-hybridized carbons (Fsp3) is 0.588. The predicted octanol–water partition coefficient (Wildman–Crippen LogP) is 2.61. The lowest BCUT2D eigenvalue weighted by molar-refractivity contribution is -0.119. The third kappa shape index (κ3) is 6.30. The van der Waals surface area contributed by atoms with Gasteiger partial charge in [-0.2, -0.15) is 0 Å². The normalized spacial score (nSPS) is 16.5. The number of sulfonamides is 1. The number of carbonyl (C=O) groups is 1. The molecule has 0 unspecified atom stereocenters. The lowest BCUT2D eigenvalue weighted by Gasteiger charge is -2.29. The Morgan fingerprint density at radius 3 is 2.58 bits per heavy atom. The van der Waals surface area contributed by atoms with Gasteiger partial charge in [-0.05, 0) is 63.5 Å². The molecule has 26 heavy (non-hydrogen) atoms. The van der Waals surface area contributed by atoms with Crippen molar-refractivity contribution in [1.29, 1.82) is 0 Å². The number of nitrogens with zero attached hydrogens (tertiary/aromatic N) is 2.